The number of carbonyl (C=O) groups is 2. The summed E-state index contributed by atoms with van der Waals surface area (Å²) >= 11 is 0. The Morgan fingerprint density at radius 3 is 2.15 bits per heavy atom. The fraction of sp³-hybridized carbons (Fsp3) is 0.333. The molecule has 136 valence electrons. The number of piperidine rings is 1. The summed E-state index contributed by atoms with van der Waals surface area (Å²) in [6.45, 7) is 1.72. The third kappa shape index (κ3) is 5.17. The molecule has 1 atom stereocenters. The molecule has 5 nitrogen and oxygen atoms in total. The van der Waals surface area contributed by atoms with E-state index in [1.807, 2.05) is 53.5 Å². The van der Waals surface area contributed by atoms with Crippen molar-refractivity contribution in [3.63, 3.8) is 0 Å². The van der Waals surface area contributed by atoms with Gasteiger partial charge in [0.15, 0.2) is 0 Å². The van der Waals surface area contributed by atoms with Gasteiger partial charge >= 0.3 is 0 Å². The van der Waals surface area contributed by atoms with Crippen LogP contribution in [0.15, 0.2) is 60.7 Å². The lowest BCUT2D eigenvalue weighted by Crippen LogP contribution is -2.54. The molecule has 2 aromatic carbocycles. The molecule has 2 aromatic rings. The highest BCUT2D eigenvalue weighted by molar-refractivity contribution is 5.97. The molecule has 0 spiro atoms. The van der Waals surface area contributed by atoms with Crippen molar-refractivity contribution in [3.8, 4) is 0 Å². The molecule has 2 amide bonds. The Bertz CT molecular complexity index is 713. The van der Waals surface area contributed by atoms with E-state index in [2.05, 4.69) is 10.7 Å². The van der Waals surface area contributed by atoms with Crippen LogP contribution in [0, 0.1) is 0 Å². The maximum atomic E-state index is 12.8. The molecular weight excluding hydrogens is 326 g/mol. The molecule has 1 aliphatic rings. The van der Waals surface area contributed by atoms with Crippen LogP contribution >= 0.6 is 0 Å². The molecule has 3 rings (SSSR count). The molecule has 0 bridgehead atoms. The smallest absolute Gasteiger partial charge is 0.257 e. The van der Waals surface area contributed by atoms with Gasteiger partial charge in [-0.05, 0) is 30.5 Å². The molecule has 0 unspecified atom stereocenters. The second-order valence-electron chi connectivity index (χ2n) is 6.61. The summed E-state index contributed by atoms with van der Waals surface area (Å²) in [6.07, 6.45) is 3.82. The van der Waals surface area contributed by atoms with Crippen molar-refractivity contribution < 1.29 is 9.59 Å². The number of hydrogen-bond donors (Lipinski definition) is 2. The number of amides is 2. The topological polar surface area (TPSA) is 61.4 Å². The molecule has 26 heavy (non-hydrogen) atoms. The highest BCUT2D eigenvalue weighted by atomic mass is 16.2. The normalized spacial score (nSPS) is 15.8. The Morgan fingerprint density at radius 2 is 1.50 bits per heavy atom. The highest BCUT2D eigenvalue weighted by Crippen LogP contribution is 2.09. The summed E-state index contributed by atoms with van der Waals surface area (Å²) in [4.78, 5) is 25.4. The molecule has 0 aromatic heterocycles. The van der Waals surface area contributed by atoms with E-state index in [-0.39, 0.29) is 11.8 Å². The van der Waals surface area contributed by atoms with Gasteiger partial charge in [0.1, 0.15) is 6.04 Å². The average molecular weight is 351 g/mol. The fourth-order valence-corrected chi connectivity index (χ4v) is 3.13. The summed E-state index contributed by atoms with van der Waals surface area (Å²) in [5.41, 5.74) is 4.54. The second-order valence-corrected chi connectivity index (χ2v) is 6.61. The van der Waals surface area contributed by atoms with Crippen LogP contribution in [-0.2, 0) is 11.2 Å². The van der Waals surface area contributed by atoms with E-state index in [9.17, 15) is 9.59 Å². The van der Waals surface area contributed by atoms with Crippen molar-refractivity contribution >= 4 is 11.8 Å². The van der Waals surface area contributed by atoms with Gasteiger partial charge in [-0.1, -0.05) is 55.0 Å². The summed E-state index contributed by atoms with van der Waals surface area (Å²) in [5, 5.41) is 4.85. The quantitative estimate of drug-likeness (QED) is 0.841. The Kier molecular flexibility index (Phi) is 6.39. The first-order chi connectivity index (χ1) is 12.7. The van der Waals surface area contributed by atoms with Gasteiger partial charge < -0.3 is 5.32 Å². The molecule has 1 aliphatic heterocycles. The van der Waals surface area contributed by atoms with E-state index < -0.39 is 6.04 Å². The maximum absolute atomic E-state index is 12.8. The van der Waals surface area contributed by atoms with Crippen molar-refractivity contribution in [2.75, 3.05) is 13.1 Å². The van der Waals surface area contributed by atoms with Crippen LogP contribution in [0.1, 0.15) is 35.2 Å². The predicted octanol–water partition coefficient (Wildman–Crippen LogP) is 2.54. The lowest BCUT2D eigenvalue weighted by molar-refractivity contribution is -0.128. The lowest BCUT2D eigenvalue weighted by Gasteiger charge is -2.29. The zero-order valence-electron chi connectivity index (χ0n) is 14.9. The van der Waals surface area contributed by atoms with Crippen molar-refractivity contribution in [1.82, 2.24) is 15.8 Å². The number of nitrogens with one attached hydrogen (secondary N) is 2. The number of hydrogen-bond acceptors (Lipinski definition) is 3. The van der Waals surface area contributed by atoms with Crippen LogP contribution in [0.4, 0.5) is 0 Å². The van der Waals surface area contributed by atoms with Crippen LogP contribution in [0.25, 0.3) is 0 Å². The fourth-order valence-electron chi connectivity index (χ4n) is 3.13. The van der Waals surface area contributed by atoms with Crippen LogP contribution in [0.2, 0.25) is 0 Å². The average Bonchev–Trinajstić information content (AvgIpc) is 2.69. The van der Waals surface area contributed by atoms with E-state index in [0.717, 1.165) is 31.5 Å². The van der Waals surface area contributed by atoms with Gasteiger partial charge in [-0.3, -0.25) is 15.0 Å². The maximum Gasteiger partial charge on any atom is 0.257 e. The number of benzene rings is 2. The summed E-state index contributed by atoms with van der Waals surface area (Å²) in [5.74, 6) is -0.402. The first-order valence-corrected chi connectivity index (χ1v) is 9.17. The van der Waals surface area contributed by atoms with Gasteiger partial charge in [-0.25, -0.2) is 5.01 Å². The summed E-state index contributed by atoms with van der Waals surface area (Å²) in [6, 6.07) is 18.1. The molecule has 1 saturated heterocycles. The molecule has 0 radical (unpaired) electrons. The molecule has 0 saturated carbocycles. The molecule has 5 heteroatoms. The van der Waals surface area contributed by atoms with Crippen molar-refractivity contribution in [2.24, 2.45) is 0 Å². The summed E-state index contributed by atoms with van der Waals surface area (Å²) < 4.78 is 0. The molecule has 1 fully saturated rings. The lowest BCUT2D eigenvalue weighted by atomic mass is 10.0. The highest BCUT2D eigenvalue weighted by Gasteiger charge is 2.24. The van der Waals surface area contributed by atoms with Crippen LogP contribution in [0.3, 0.4) is 0 Å². The SMILES string of the molecule is O=C(N[C@@H](Cc1ccccc1)C(=O)NN1CCCCC1)c1ccccc1. The van der Waals surface area contributed by atoms with E-state index in [4.69, 9.17) is 0 Å². The Hall–Kier alpha value is -2.66. The van der Waals surface area contributed by atoms with E-state index >= 15 is 0 Å². The minimum Gasteiger partial charge on any atom is -0.340 e. The zero-order valence-corrected chi connectivity index (χ0v) is 14.9. The third-order valence-corrected chi connectivity index (χ3v) is 4.56. The van der Waals surface area contributed by atoms with Crippen molar-refractivity contribution in [2.45, 2.75) is 31.7 Å². The third-order valence-electron chi connectivity index (χ3n) is 4.56. The van der Waals surface area contributed by atoms with E-state index in [1.165, 1.54) is 6.42 Å². The number of nitrogens with zero attached hydrogens (tertiary/aromatic N) is 1. The van der Waals surface area contributed by atoms with Gasteiger partial charge in [-0.2, -0.15) is 0 Å². The standard InChI is InChI=1S/C21H25N3O2/c25-20(18-12-6-2-7-13-18)22-19(16-17-10-4-1-5-11-17)21(26)23-24-14-8-3-9-15-24/h1-2,4-7,10-13,19H,3,8-9,14-16H2,(H,22,25)(H,23,26)/t19-/m0/s1. The number of hydrazine groups is 1. The first-order valence-electron chi connectivity index (χ1n) is 9.17. The second kappa shape index (κ2) is 9.15. The largest absolute Gasteiger partial charge is 0.340 e. The zero-order chi connectivity index (χ0) is 18.2. The van der Waals surface area contributed by atoms with Gasteiger partial charge in [0.25, 0.3) is 11.8 Å². The van der Waals surface area contributed by atoms with Gasteiger partial charge in [0.05, 0.1) is 0 Å². The van der Waals surface area contributed by atoms with Gasteiger partial charge in [0, 0.05) is 25.1 Å². The van der Waals surface area contributed by atoms with Crippen molar-refractivity contribution in [3.05, 3.63) is 71.8 Å². The molecule has 2 N–H and O–H groups in total. The number of carbonyl (C=O) groups excluding carboxylic acids is 2. The van der Waals surface area contributed by atoms with E-state index in [1.54, 1.807) is 12.1 Å². The van der Waals surface area contributed by atoms with Crippen LogP contribution in [0.5, 0.6) is 0 Å². The first kappa shape index (κ1) is 18.1. The van der Waals surface area contributed by atoms with Crippen molar-refractivity contribution in [1.29, 1.82) is 0 Å². The monoisotopic (exact) mass is 351 g/mol. The molecular formula is C21H25N3O2. The van der Waals surface area contributed by atoms with Gasteiger partial charge in [-0.15, -0.1) is 0 Å². The Balaban J connectivity index is 1.70. The Labute approximate surface area is 154 Å². The van der Waals surface area contributed by atoms with E-state index in [0.29, 0.717) is 12.0 Å². The predicted molar refractivity (Wildman–Crippen MR) is 101 cm³/mol. The van der Waals surface area contributed by atoms with Gasteiger partial charge in [0.2, 0.25) is 0 Å². The number of rotatable bonds is 6. The minimum absolute atomic E-state index is 0.167. The van der Waals surface area contributed by atoms with Crippen LogP contribution < -0.4 is 10.7 Å². The molecule has 1 heterocycles. The molecule has 0 aliphatic carbocycles. The van der Waals surface area contributed by atoms with Crippen LogP contribution in [-0.4, -0.2) is 36.0 Å². The minimum atomic E-state index is -0.618. The Morgan fingerprint density at radius 1 is 0.885 bits per heavy atom. The summed E-state index contributed by atoms with van der Waals surface area (Å²) in [7, 11) is 0.